The number of rotatable bonds is 3. The van der Waals surface area contributed by atoms with Gasteiger partial charge in [-0.25, -0.2) is 0 Å². The molecule has 13 aromatic rings. The van der Waals surface area contributed by atoms with Gasteiger partial charge < -0.3 is 13.7 Å². The monoisotopic (exact) mass is 843 g/mol. The van der Waals surface area contributed by atoms with E-state index in [0.717, 1.165) is 11.4 Å². The van der Waals surface area contributed by atoms with E-state index in [1.54, 1.807) is 0 Å². The lowest BCUT2D eigenvalue weighted by Gasteiger charge is -2.45. The fourth-order valence-corrected chi connectivity index (χ4v) is 13.3. The Morgan fingerprint density at radius 2 is 0.892 bits per heavy atom. The summed E-state index contributed by atoms with van der Waals surface area (Å²) in [6, 6.07) is 83.7. The van der Waals surface area contributed by atoms with E-state index in [-0.39, 0.29) is 0 Å². The first-order chi connectivity index (χ1) is 32.3. The van der Waals surface area contributed by atoms with Gasteiger partial charge in [0.25, 0.3) is 0 Å². The third kappa shape index (κ3) is 4.56. The molecule has 1 unspecified atom stereocenters. The highest BCUT2D eigenvalue weighted by molar-refractivity contribution is 7.99. The Kier molecular flexibility index (Phi) is 7.09. The minimum Gasteiger partial charge on any atom is -0.309 e. The molecule has 15 rings (SSSR count). The third-order valence-electron chi connectivity index (χ3n) is 14.5. The summed E-state index contributed by atoms with van der Waals surface area (Å²) in [5.41, 5.74) is 18.1. The Bertz CT molecular complexity index is 4150. The zero-order valence-electron chi connectivity index (χ0n) is 35.1. The number of fused-ring (bicyclic) bond motifs is 18. The fourth-order valence-electron chi connectivity index (χ4n) is 11.9. The van der Waals surface area contributed by atoms with Crippen molar-refractivity contribution in [2.24, 2.45) is 0 Å². The van der Waals surface area contributed by atoms with Gasteiger partial charge in [-0.15, -0.1) is 0 Å². The van der Waals surface area contributed by atoms with Crippen LogP contribution < -0.4 is 0 Å². The average molecular weight is 844 g/mol. The van der Waals surface area contributed by atoms with Crippen molar-refractivity contribution >= 4 is 77.2 Å². The number of hydrogen-bond acceptors (Lipinski definition) is 1. The summed E-state index contributed by atoms with van der Waals surface area (Å²) in [4.78, 5) is 2.62. The lowest BCUT2D eigenvalue weighted by atomic mass is 9.62. The van der Waals surface area contributed by atoms with Gasteiger partial charge in [0, 0.05) is 53.5 Å². The van der Waals surface area contributed by atoms with Crippen molar-refractivity contribution in [1.82, 2.24) is 13.7 Å². The summed E-state index contributed by atoms with van der Waals surface area (Å²) in [6.45, 7) is 0. The van der Waals surface area contributed by atoms with E-state index in [2.05, 4.69) is 238 Å². The maximum atomic E-state index is 2.53. The molecule has 3 nitrogen and oxygen atoms in total. The predicted octanol–water partition coefficient (Wildman–Crippen LogP) is 15.8. The Labute approximate surface area is 379 Å². The van der Waals surface area contributed by atoms with Crippen molar-refractivity contribution in [2.45, 2.75) is 15.2 Å². The number of nitrogens with zero attached hydrogens (tertiary/aromatic N) is 3. The van der Waals surface area contributed by atoms with Crippen LogP contribution in [0, 0.1) is 0 Å². The molecule has 3 aromatic heterocycles. The van der Waals surface area contributed by atoms with Gasteiger partial charge in [0.15, 0.2) is 0 Å². The van der Waals surface area contributed by atoms with Gasteiger partial charge in [0.05, 0.1) is 44.2 Å². The largest absolute Gasteiger partial charge is 0.309 e. The third-order valence-corrected chi connectivity index (χ3v) is 15.7. The molecule has 0 aliphatic carbocycles. The van der Waals surface area contributed by atoms with Gasteiger partial charge in [-0.2, -0.15) is 0 Å². The van der Waals surface area contributed by atoms with Crippen LogP contribution >= 0.6 is 11.8 Å². The van der Waals surface area contributed by atoms with E-state index < -0.39 is 5.41 Å². The van der Waals surface area contributed by atoms with E-state index in [4.69, 9.17) is 0 Å². The van der Waals surface area contributed by atoms with Crippen molar-refractivity contribution in [2.75, 3.05) is 0 Å². The quantitative estimate of drug-likeness (QED) is 0.173. The van der Waals surface area contributed by atoms with Gasteiger partial charge in [-0.1, -0.05) is 176 Å². The number of benzene rings is 10. The second-order valence-corrected chi connectivity index (χ2v) is 18.6. The minimum absolute atomic E-state index is 0.551. The molecule has 0 amide bonds. The fraction of sp³-hybridized carbons (Fsp3) is 0.0164. The first-order valence-corrected chi connectivity index (χ1v) is 23.2. The van der Waals surface area contributed by atoms with Crippen molar-refractivity contribution < 1.29 is 0 Å². The molecule has 1 spiro atoms. The number of hydrogen-bond donors (Lipinski definition) is 0. The Morgan fingerprint density at radius 3 is 1.71 bits per heavy atom. The molecule has 0 fully saturated rings. The van der Waals surface area contributed by atoms with E-state index in [0.29, 0.717) is 0 Å². The van der Waals surface area contributed by atoms with Crippen molar-refractivity contribution in [1.29, 1.82) is 0 Å². The molecule has 0 radical (unpaired) electrons. The van der Waals surface area contributed by atoms with Gasteiger partial charge in [-0.3, -0.25) is 0 Å². The Hall–Kier alpha value is -8.05. The Morgan fingerprint density at radius 1 is 0.323 bits per heavy atom. The molecule has 2 aliphatic rings. The maximum Gasteiger partial charge on any atom is 0.0764 e. The van der Waals surface area contributed by atoms with Crippen LogP contribution in [0.15, 0.2) is 234 Å². The molecule has 0 saturated carbocycles. The van der Waals surface area contributed by atoms with Crippen LogP contribution in [0.1, 0.15) is 22.3 Å². The highest BCUT2D eigenvalue weighted by Gasteiger charge is 2.50. The van der Waals surface area contributed by atoms with Gasteiger partial charge in [-0.05, 0) is 94.0 Å². The van der Waals surface area contributed by atoms with Gasteiger partial charge in [0.1, 0.15) is 0 Å². The minimum atomic E-state index is -0.551. The highest BCUT2D eigenvalue weighted by atomic mass is 32.2. The van der Waals surface area contributed by atoms with Crippen LogP contribution in [0.5, 0.6) is 0 Å². The predicted molar refractivity (Wildman–Crippen MR) is 271 cm³/mol. The summed E-state index contributed by atoms with van der Waals surface area (Å²) in [5, 5.41) is 7.63. The second-order valence-electron chi connectivity index (χ2n) is 17.6. The standard InChI is InChI=1S/C61H37N3S/c1-2-15-38(16-3-1)39-29-31-40(32-30-39)62-51-24-9-4-17-42(51)44-34-33-41(37-56(44)62)63-53-26-11-6-19-46(53)58-55(63)36-35-50-60(58)65-57-28-13-8-22-48(57)61(50)47-21-7-12-27-54(47)64-52-25-10-5-18-43(52)45-20-14-23-49(61)59(45)64/h1-37H. The van der Waals surface area contributed by atoms with E-state index in [1.807, 2.05) is 11.8 Å². The van der Waals surface area contributed by atoms with Crippen molar-refractivity contribution in [3.05, 3.63) is 247 Å². The van der Waals surface area contributed by atoms with Crippen LogP contribution in [0.25, 0.3) is 93.6 Å². The lowest BCUT2D eigenvalue weighted by molar-refractivity contribution is 0.692. The molecule has 0 bridgehead atoms. The van der Waals surface area contributed by atoms with Crippen molar-refractivity contribution in [3.8, 4) is 28.2 Å². The molecule has 302 valence electrons. The molecule has 0 saturated heterocycles. The van der Waals surface area contributed by atoms with Crippen molar-refractivity contribution in [3.63, 3.8) is 0 Å². The van der Waals surface area contributed by atoms with Gasteiger partial charge in [0.2, 0.25) is 0 Å². The first kappa shape index (κ1) is 35.4. The van der Waals surface area contributed by atoms with Gasteiger partial charge >= 0.3 is 0 Å². The summed E-state index contributed by atoms with van der Waals surface area (Å²) < 4.78 is 7.48. The molecule has 1 atom stereocenters. The average Bonchev–Trinajstić information content (AvgIpc) is 4.02. The van der Waals surface area contributed by atoms with Crippen LogP contribution in [-0.2, 0) is 5.41 Å². The molecular formula is C61H37N3S. The zero-order valence-corrected chi connectivity index (χ0v) is 35.9. The summed E-state index contributed by atoms with van der Waals surface area (Å²) in [7, 11) is 0. The van der Waals surface area contributed by atoms with Crippen LogP contribution in [-0.4, -0.2) is 13.7 Å². The molecule has 65 heavy (non-hydrogen) atoms. The van der Waals surface area contributed by atoms with E-state index in [1.165, 1.54) is 114 Å². The molecule has 0 N–H and O–H groups in total. The molecule has 5 heterocycles. The summed E-state index contributed by atoms with van der Waals surface area (Å²) in [6.07, 6.45) is 0. The molecule has 4 heteroatoms. The Balaban J connectivity index is 1.01. The van der Waals surface area contributed by atoms with E-state index in [9.17, 15) is 0 Å². The SMILES string of the molecule is c1ccc(-c2ccc(-n3c4ccccc4c4ccc(-n5c6ccccc6c6c7c(ccc65)C5(c6ccccc6S7)c6ccccc6-n6c7ccccc7c7cccc5c76)cc43)cc2)cc1. The number of aromatic nitrogens is 3. The van der Waals surface area contributed by atoms with Crippen LogP contribution in [0.3, 0.4) is 0 Å². The topological polar surface area (TPSA) is 14.8 Å². The zero-order chi connectivity index (χ0) is 42.4. The molecular weight excluding hydrogens is 807 g/mol. The maximum absolute atomic E-state index is 2.53. The highest BCUT2D eigenvalue weighted by Crippen LogP contribution is 2.62. The summed E-state index contributed by atoms with van der Waals surface area (Å²) in [5.74, 6) is 0. The number of para-hydroxylation sites is 5. The van der Waals surface area contributed by atoms with Crippen LogP contribution in [0.4, 0.5) is 0 Å². The summed E-state index contributed by atoms with van der Waals surface area (Å²) >= 11 is 1.93. The second kappa shape index (κ2) is 13.0. The lowest BCUT2D eigenvalue weighted by Crippen LogP contribution is -2.37. The normalized spacial score (nSPS) is 15.1. The molecule has 2 aliphatic heterocycles. The van der Waals surface area contributed by atoms with Crippen LogP contribution in [0.2, 0.25) is 0 Å². The smallest absolute Gasteiger partial charge is 0.0764 e. The van der Waals surface area contributed by atoms with E-state index >= 15 is 0 Å². The molecule has 10 aromatic carbocycles. The first-order valence-electron chi connectivity index (χ1n) is 22.4.